The Morgan fingerprint density at radius 3 is 1.50 bits per heavy atom. The van der Waals surface area contributed by atoms with Crippen LogP contribution in [0.5, 0.6) is 0 Å². The van der Waals surface area contributed by atoms with E-state index >= 15 is 0 Å². The zero-order valence-corrected chi connectivity index (χ0v) is 16.8. The van der Waals surface area contributed by atoms with Gasteiger partial charge >= 0.3 is 0 Å². The predicted molar refractivity (Wildman–Crippen MR) is 104 cm³/mol. The van der Waals surface area contributed by atoms with Gasteiger partial charge in [-0.1, -0.05) is 25.7 Å². The van der Waals surface area contributed by atoms with Crippen molar-refractivity contribution < 1.29 is 19.2 Å². The highest BCUT2D eigenvalue weighted by Gasteiger charge is 2.19. The average molecular weight is 395 g/mol. The standard InChI is InChI=1S/C20H34N4O4/c25-17(21-23-15-9-3-7-13-19(23)27)11-5-1-2-6-12-18(26)22-24-16-10-4-8-14-20(24)28/h1-16H2,(H,21,25)(H,22,26). The predicted octanol–water partition coefficient (Wildman–Crippen LogP) is 2.19. The topological polar surface area (TPSA) is 98.8 Å². The molecule has 0 spiro atoms. The number of carbonyl (C=O) groups is 4. The van der Waals surface area contributed by atoms with Crippen molar-refractivity contribution in [1.29, 1.82) is 0 Å². The van der Waals surface area contributed by atoms with Crippen LogP contribution in [0, 0.1) is 0 Å². The van der Waals surface area contributed by atoms with Gasteiger partial charge in [0.2, 0.25) is 23.6 Å². The molecule has 2 heterocycles. The Hall–Kier alpha value is -2.12. The second kappa shape index (κ2) is 12.4. The Bertz CT molecular complexity index is 504. The van der Waals surface area contributed by atoms with Gasteiger partial charge in [-0.2, -0.15) is 0 Å². The van der Waals surface area contributed by atoms with Crippen LogP contribution in [0.2, 0.25) is 0 Å². The quantitative estimate of drug-likeness (QED) is 0.586. The van der Waals surface area contributed by atoms with Crippen LogP contribution >= 0.6 is 0 Å². The first-order chi connectivity index (χ1) is 13.6. The molecule has 0 aromatic heterocycles. The van der Waals surface area contributed by atoms with E-state index in [-0.39, 0.29) is 23.6 Å². The number of hydrazine groups is 2. The molecule has 0 aromatic carbocycles. The summed E-state index contributed by atoms with van der Waals surface area (Å²) < 4.78 is 0. The second-order valence-electron chi connectivity index (χ2n) is 7.70. The summed E-state index contributed by atoms with van der Waals surface area (Å²) in [5.41, 5.74) is 5.43. The summed E-state index contributed by atoms with van der Waals surface area (Å²) in [7, 11) is 0. The summed E-state index contributed by atoms with van der Waals surface area (Å²) in [6.45, 7) is 1.19. The molecule has 0 aliphatic carbocycles. The van der Waals surface area contributed by atoms with E-state index in [1.54, 1.807) is 0 Å². The maximum atomic E-state index is 12.0. The molecule has 0 radical (unpaired) electrons. The second-order valence-corrected chi connectivity index (χ2v) is 7.70. The van der Waals surface area contributed by atoms with Crippen molar-refractivity contribution in [3.05, 3.63) is 0 Å². The maximum absolute atomic E-state index is 12.0. The van der Waals surface area contributed by atoms with Crippen LogP contribution < -0.4 is 10.9 Å². The van der Waals surface area contributed by atoms with Gasteiger partial charge in [0.15, 0.2) is 0 Å². The maximum Gasteiger partial charge on any atom is 0.240 e. The van der Waals surface area contributed by atoms with Crippen molar-refractivity contribution in [3.8, 4) is 0 Å². The zero-order valence-electron chi connectivity index (χ0n) is 16.8. The molecular formula is C20H34N4O4. The first-order valence-corrected chi connectivity index (χ1v) is 10.8. The molecule has 2 N–H and O–H groups in total. The van der Waals surface area contributed by atoms with Gasteiger partial charge in [-0.05, 0) is 38.5 Å². The molecule has 158 valence electrons. The molecule has 28 heavy (non-hydrogen) atoms. The lowest BCUT2D eigenvalue weighted by atomic mass is 10.1. The van der Waals surface area contributed by atoms with Crippen LogP contribution in [0.3, 0.4) is 0 Å². The van der Waals surface area contributed by atoms with E-state index in [4.69, 9.17) is 0 Å². The van der Waals surface area contributed by atoms with E-state index < -0.39 is 0 Å². The molecule has 2 rings (SSSR count). The Labute approximate surface area is 167 Å². The zero-order chi connectivity index (χ0) is 20.2. The molecule has 2 aliphatic rings. The first kappa shape index (κ1) is 22.2. The van der Waals surface area contributed by atoms with Gasteiger partial charge in [0, 0.05) is 38.8 Å². The Morgan fingerprint density at radius 2 is 1.07 bits per heavy atom. The van der Waals surface area contributed by atoms with Gasteiger partial charge in [-0.25, -0.2) is 0 Å². The minimum Gasteiger partial charge on any atom is -0.273 e. The van der Waals surface area contributed by atoms with Crippen LogP contribution in [0.15, 0.2) is 0 Å². The third-order valence-electron chi connectivity index (χ3n) is 5.22. The van der Waals surface area contributed by atoms with E-state index in [1.165, 1.54) is 10.0 Å². The average Bonchev–Trinajstić information content (AvgIpc) is 2.99. The molecular weight excluding hydrogens is 360 g/mol. The van der Waals surface area contributed by atoms with Crippen molar-refractivity contribution in [3.63, 3.8) is 0 Å². The normalized spacial score (nSPS) is 18.4. The summed E-state index contributed by atoms with van der Waals surface area (Å²) >= 11 is 0. The van der Waals surface area contributed by atoms with Crippen molar-refractivity contribution in [2.24, 2.45) is 0 Å². The number of hydrogen-bond donors (Lipinski definition) is 2. The highest BCUT2D eigenvalue weighted by Crippen LogP contribution is 2.11. The number of unbranched alkanes of at least 4 members (excludes halogenated alkanes) is 3. The van der Waals surface area contributed by atoms with Gasteiger partial charge < -0.3 is 0 Å². The van der Waals surface area contributed by atoms with Gasteiger partial charge in [0.25, 0.3) is 0 Å². The molecule has 4 amide bonds. The number of nitrogens with one attached hydrogen (secondary N) is 2. The lowest BCUT2D eigenvalue weighted by Crippen LogP contribution is -2.45. The molecule has 2 saturated heterocycles. The summed E-state index contributed by atoms with van der Waals surface area (Å²) in [6, 6.07) is 0. The largest absolute Gasteiger partial charge is 0.273 e. The molecule has 2 aliphatic heterocycles. The minimum atomic E-state index is -0.118. The summed E-state index contributed by atoms with van der Waals surface area (Å²) in [5.74, 6) is -0.236. The SMILES string of the molecule is O=C(CCCCCCC(=O)NN1CCCCCC1=O)NN1CCCCCC1=O. The molecule has 0 saturated carbocycles. The number of hydrogen-bond acceptors (Lipinski definition) is 4. The molecule has 8 nitrogen and oxygen atoms in total. The summed E-state index contributed by atoms with van der Waals surface area (Å²) in [6.07, 6.45) is 10.7. The number of nitrogens with zero attached hydrogens (tertiary/aromatic N) is 2. The molecule has 0 aromatic rings. The Kier molecular flexibility index (Phi) is 9.79. The van der Waals surface area contributed by atoms with Crippen LogP contribution in [-0.4, -0.2) is 46.7 Å². The van der Waals surface area contributed by atoms with Gasteiger partial charge in [-0.3, -0.25) is 40.0 Å². The van der Waals surface area contributed by atoms with E-state index in [1.807, 2.05) is 0 Å². The lowest BCUT2D eigenvalue weighted by Gasteiger charge is -2.21. The smallest absolute Gasteiger partial charge is 0.240 e. The fraction of sp³-hybridized carbons (Fsp3) is 0.800. The third-order valence-corrected chi connectivity index (χ3v) is 5.22. The molecule has 8 heteroatoms. The van der Waals surface area contributed by atoms with Crippen molar-refractivity contribution in [2.75, 3.05) is 13.1 Å². The van der Waals surface area contributed by atoms with Crippen molar-refractivity contribution in [2.45, 2.75) is 89.9 Å². The van der Waals surface area contributed by atoms with Crippen LogP contribution in [0.1, 0.15) is 89.9 Å². The van der Waals surface area contributed by atoms with Gasteiger partial charge in [-0.15, -0.1) is 0 Å². The first-order valence-electron chi connectivity index (χ1n) is 10.8. The Morgan fingerprint density at radius 1 is 0.643 bits per heavy atom. The third kappa shape index (κ3) is 8.27. The van der Waals surface area contributed by atoms with E-state index in [0.29, 0.717) is 38.8 Å². The summed E-state index contributed by atoms with van der Waals surface area (Å²) in [5, 5.41) is 2.92. The van der Waals surface area contributed by atoms with E-state index in [9.17, 15) is 19.2 Å². The monoisotopic (exact) mass is 394 g/mol. The lowest BCUT2D eigenvalue weighted by molar-refractivity contribution is -0.141. The van der Waals surface area contributed by atoms with Crippen molar-refractivity contribution >= 4 is 23.6 Å². The van der Waals surface area contributed by atoms with Crippen LogP contribution in [0.25, 0.3) is 0 Å². The van der Waals surface area contributed by atoms with Gasteiger partial charge in [0.1, 0.15) is 0 Å². The van der Waals surface area contributed by atoms with Crippen molar-refractivity contribution in [1.82, 2.24) is 20.9 Å². The molecule has 0 atom stereocenters. The molecule has 2 fully saturated rings. The number of rotatable bonds is 9. The fourth-order valence-corrected chi connectivity index (χ4v) is 3.54. The van der Waals surface area contributed by atoms with Gasteiger partial charge in [0.05, 0.1) is 0 Å². The van der Waals surface area contributed by atoms with Crippen LogP contribution in [0.4, 0.5) is 0 Å². The summed E-state index contributed by atoms with van der Waals surface area (Å²) in [4.78, 5) is 47.7. The highest BCUT2D eigenvalue weighted by molar-refractivity contribution is 5.82. The van der Waals surface area contributed by atoms with E-state index in [0.717, 1.165) is 64.2 Å². The number of carbonyl (C=O) groups excluding carboxylic acids is 4. The highest BCUT2D eigenvalue weighted by atomic mass is 16.2. The molecule has 0 bridgehead atoms. The fourth-order valence-electron chi connectivity index (χ4n) is 3.54. The molecule has 0 unspecified atom stereocenters. The van der Waals surface area contributed by atoms with E-state index in [2.05, 4.69) is 10.9 Å². The Balaban J connectivity index is 1.51. The van der Waals surface area contributed by atoms with Crippen LogP contribution in [-0.2, 0) is 19.2 Å². The number of amides is 4. The minimum absolute atomic E-state index is 0.000229.